The number of nitro benzene ring substituents is 1. The number of carbonyl (C=O) groups is 1. The number of para-hydroxylation sites is 1. The predicted molar refractivity (Wildman–Crippen MR) is 92.6 cm³/mol. The summed E-state index contributed by atoms with van der Waals surface area (Å²) in [5, 5.41) is 11.2. The molecule has 3 rings (SSSR count). The number of rotatable bonds is 5. The number of hydrogen-bond acceptors (Lipinski definition) is 5. The summed E-state index contributed by atoms with van der Waals surface area (Å²) < 4.78 is 6.90. The van der Waals surface area contributed by atoms with Crippen LogP contribution < -0.4 is 0 Å². The third-order valence-electron chi connectivity index (χ3n) is 3.97. The van der Waals surface area contributed by atoms with E-state index in [1.54, 1.807) is 43.3 Å². The zero-order valence-electron chi connectivity index (χ0n) is 13.9. The monoisotopic (exact) mass is 339 g/mol. The van der Waals surface area contributed by atoms with E-state index in [0.29, 0.717) is 35.6 Å². The Bertz CT molecular complexity index is 962. The van der Waals surface area contributed by atoms with Crippen LogP contribution in [0.25, 0.3) is 11.0 Å². The van der Waals surface area contributed by atoms with Crippen LogP contribution in [0, 0.1) is 17.0 Å². The highest BCUT2D eigenvalue weighted by molar-refractivity contribution is 5.93. The molecule has 0 aliphatic rings. The second kappa shape index (κ2) is 6.72. The number of fused-ring (bicyclic) bond motifs is 1. The third-order valence-corrected chi connectivity index (χ3v) is 3.97. The van der Waals surface area contributed by atoms with E-state index in [2.05, 4.69) is 4.98 Å². The van der Waals surface area contributed by atoms with Crippen LogP contribution in [0.15, 0.2) is 42.5 Å². The van der Waals surface area contributed by atoms with Gasteiger partial charge in [-0.25, -0.2) is 9.78 Å². The van der Waals surface area contributed by atoms with Crippen LogP contribution in [0.5, 0.6) is 0 Å². The first kappa shape index (κ1) is 16.6. The molecule has 0 aliphatic carbocycles. The lowest BCUT2D eigenvalue weighted by atomic mass is 10.1. The van der Waals surface area contributed by atoms with Gasteiger partial charge in [-0.05, 0) is 32.0 Å². The molecule has 0 aliphatic heterocycles. The largest absolute Gasteiger partial charge is 0.462 e. The van der Waals surface area contributed by atoms with Crippen LogP contribution >= 0.6 is 0 Å². The van der Waals surface area contributed by atoms with Gasteiger partial charge in [0.05, 0.1) is 34.7 Å². The molecule has 0 atom stereocenters. The van der Waals surface area contributed by atoms with E-state index in [9.17, 15) is 14.9 Å². The van der Waals surface area contributed by atoms with Gasteiger partial charge in [-0.1, -0.05) is 18.2 Å². The molecule has 1 heterocycles. The molecule has 0 bridgehead atoms. The van der Waals surface area contributed by atoms with Crippen molar-refractivity contribution in [3.8, 4) is 0 Å². The summed E-state index contributed by atoms with van der Waals surface area (Å²) in [4.78, 5) is 27.2. The van der Waals surface area contributed by atoms with E-state index in [0.717, 1.165) is 5.52 Å². The lowest BCUT2D eigenvalue weighted by molar-refractivity contribution is -0.385. The second-order valence-electron chi connectivity index (χ2n) is 5.55. The topological polar surface area (TPSA) is 87.3 Å². The average molecular weight is 339 g/mol. The highest BCUT2D eigenvalue weighted by Crippen LogP contribution is 2.23. The minimum absolute atomic E-state index is 0.0758. The van der Waals surface area contributed by atoms with E-state index in [1.807, 2.05) is 11.5 Å². The normalized spacial score (nSPS) is 10.8. The summed E-state index contributed by atoms with van der Waals surface area (Å²) in [7, 11) is 0. The Hall–Kier alpha value is -3.22. The van der Waals surface area contributed by atoms with Gasteiger partial charge >= 0.3 is 5.97 Å². The maximum Gasteiger partial charge on any atom is 0.338 e. The fourth-order valence-electron chi connectivity index (χ4n) is 2.78. The van der Waals surface area contributed by atoms with Gasteiger partial charge in [0.25, 0.3) is 5.69 Å². The van der Waals surface area contributed by atoms with Crippen LogP contribution in [0.2, 0.25) is 0 Å². The molecule has 0 saturated heterocycles. The summed E-state index contributed by atoms with van der Waals surface area (Å²) in [5.41, 5.74) is 2.58. The molecule has 2 aromatic carbocycles. The van der Waals surface area contributed by atoms with Gasteiger partial charge in [-0.15, -0.1) is 0 Å². The van der Waals surface area contributed by atoms with Crippen molar-refractivity contribution in [3.05, 3.63) is 69.5 Å². The highest BCUT2D eigenvalue weighted by atomic mass is 16.6. The summed E-state index contributed by atoms with van der Waals surface area (Å²) in [6, 6.07) is 11.8. The number of nitro groups is 1. The van der Waals surface area contributed by atoms with E-state index < -0.39 is 5.97 Å². The Morgan fingerprint density at radius 2 is 2.04 bits per heavy atom. The van der Waals surface area contributed by atoms with Crippen molar-refractivity contribution in [1.29, 1.82) is 0 Å². The zero-order chi connectivity index (χ0) is 18.0. The Morgan fingerprint density at radius 1 is 1.28 bits per heavy atom. The summed E-state index contributed by atoms with van der Waals surface area (Å²) >= 11 is 0. The van der Waals surface area contributed by atoms with Gasteiger partial charge in [0.1, 0.15) is 5.82 Å². The Balaban J connectivity index is 2.02. The van der Waals surface area contributed by atoms with Crippen LogP contribution in [0.3, 0.4) is 0 Å². The number of aromatic nitrogens is 2. The average Bonchev–Trinajstić information content (AvgIpc) is 2.90. The molecule has 0 saturated carbocycles. The quantitative estimate of drug-likeness (QED) is 0.403. The number of aryl methyl sites for hydroxylation is 1. The standard InChI is InChI=1S/C18H17N3O4/c1-3-25-18(22)13-8-9-17-15(10-13)19-12(2)20(17)11-14-6-4-5-7-16(14)21(23)24/h4-10H,3,11H2,1-2H3. The van der Waals surface area contributed by atoms with E-state index in [-0.39, 0.29) is 10.6 Å². The van der Waals surface area contributed by atoms with Gasteiger partial charge in [-0.2, -0.15) is 0 Å². The SMILES string of the molecule is CCOC(=O)c1ccc2c(c1)nc(C)n2Cc1ccccc1[N+](=O)[O-]. The number of ether oxygens (including phenoxy) is 1. The lowest BCUT2D eigenvalue weighted by Gasteiger charge is -2.08. The summed E-state index contributed by atoms with van der Waals surface area (Å²) in [6.45, 7) is 4.22. The van der Waals surface area contributed by atoms with E-state index >= 15 is 0 Å². The molecule has 3 aromatic rings. The molecule has 25 heavy (non-hydrogen) atoms. The molecule has 0 radical (unpaired) electrons. The molecule has 7 nitrogen and oxygen atoms in total. The number of carbonyl (C=O) groups excluding carboxylic acids is 1. The van der Waals surface area contributed by atoms with Crippen molar-refractivity contribution in [2.45, 2.75) is 20.4 Å². The molecule has 0 amide bonds. The Morgan fingerprint density at radius 3 is 2.76 bits per heavy atom. The smallest absolute Gasteiger partial charge is 0.338 e. The molecule has 1 aromatic heterocycles. The van der Waals surface area contributed by atoms with Crippen molar-refractivity contribution in [2.24, 2.45) is 0 Å². The molecular formula is C18H17N3O4. The second-order valence-corrected chi connectivity index (χ2v) is 5.55. The fourth-order valence-corrected chi connectivity index (χ4v) is 2.78. The first-order chi connectivity index (χ1) is 12.0. The number of benzene rings is 2. The zero-order valence-corrected chi connectivity index (χ0v) is 13.9. The molecule has 128 valence electrons. The van der Waals surface area contributed by atoms with Gasteiger partial charge in [-0.3, -0.25) is 10.1 Å². The first-order valence-electron chi connectivity index (χ1n) is 7.87. The van der Waals surface area contributed by atoms with Gasteiger partial charge in [0, 0.05) is 11.6 Å². The minimum atomic E-state index is -0.393. The maximum atomic E-state index is 11.9. The lowest BCUT2D eigenvalue weighted by Crippen LogP contribution is -2.06. The van der Waals surface area contributed by atoms with Gasteiger partial charge < -0.3 is 9.30 Å². The van der Waals surface area contributed by atoms with Gasteiger partial charge in [0.2, 0.25) is 0 Å². The van der Waals surface area contributed by atoms with E-state index in [4.69, 9.17) is 4.74 Å². The van der Waals surface area contributed by atoms with Crippen molar-refractivity contribution in [1.82, 2.24) is 9.55 Å². The minimum Gasteiger partial charge on any atom is -0.462 e. The van der Waals surface area contributed by atoms with Crippen LogP contribution in [0.4, 0.5) is 5.69 Å². The fraction of sp³-hybridized carbons (Fsp3) is 0.222. The molecular weight excluding hydrogens is 322 g/mol. The molecule has 0 spiro atoms. The molecule has 0 unspecified atom stereocenters. The Kier molecular flexibility index (Phi) is 4.47. The van der Waals surface area contributed by atoms with Crippen molar-refractivity contribution < 1.29 is 14.5 Å². The first-order valence-corrected chi connectivity index (χ1v) is 7.87. The Labute approximate surface area is 144 Å². The number of nitrogens with zero attached hydrogens (tertiary/aromatic N) is 3. The number of esters is 1. The molecule has 0 fully saturated rings. The number of imidazole rings is 1. The van der Waals surface area contributed by atoms with Crippen LogP contribution in [-0.2, 0) is 11.3 Å². The van der Waals surface area contributed by atoms with Crippen LogP contribution in [-0.4, -0.2) is 27.1 Å². The van der Waals surface area contributed by atoms with Crippen molar-refractivity contribution in [3.63, 3.8) is 0 Å². The van der Waals surface area contributed by atoms with Gasteiger partial charge in [0.15, 0.2) is 0 Å². The third kappa shape index (κ3) is 3.21. The predicted octanol–water partition coefficient (Wildman–Crippen LogP) is 3.48. The summed E-state index contributed by atoms with van der Waals surface area (Å²) in [6.07, 6.45) is 0. The van der Waals surface area contributed by atoms with E-state index in [1.165, 1.54) is 6.07 Å². The number of hydrogen-bond donors (Lipinski definition) is 0. The van der Waals surface area contributed by atoms with Crippen molar-refractivity contribution >= 4 is 22.7 Å². The highest BCUT2D eigenvalue weighted by Gasteiger charge is 2.16. The maximum absolute atomic E-state index is 11.9. The molecule has 0 N–H and O–H groups in total. The van der Waals surface area contributed by atoms with Crippen LogP contribution in [0.1, 0.15) is 28.7 Å². The molecule has 7 heteroatoms. The van der Waals surface area contributed by atoms with Crippen molar-refractivity contribution in [2.75, 3.05) is 6.61 Å². The summed E-state index contributed by atoms with van der Waals surface area (Å²) in [5.74, 6) is 0.324.